The standard InChI is InChI=1S/C15H19BrN6OS/c1-22-13(20-21-15(22)24)6-7-17-14(23)12-8-11(18-19-12)9-2-4-10(16)5-3-9/h2-5,11-12,18-19H,6-8H2,1H3,(H,17,23)(H,21,24). The molecule has 0 bridgehead atoms. The highest BCUT2D eigenvalue weighted by Gasteiger charge is 2.29. The highest BCUT2D eigenvalue weighted by Crippen LogP contribution is 2.23. The second-order valence-electron chi connectivity index (χ2n) is 5.73. The van der Waals surface area contributed by atoms with Gasteiger partial charge < -0.3 is 9.88 Å². The van der Waals surface area contributed by atoms with Gasteiger partial charge in [-0.15, -0.1) is 0 Å². The third kappa shape index (κ3) is 3.92. The molecule has 2 aromatic rings. The molecule has 4 N–H and O–H groups in total. The van der Waals surface area contributed by atoms with Gasteiger partial charge in [0.2, 0.25) is 5.91 Å². The Morgan fingerprint density at radius 2 is 2.17 bits per heavy atom. The fourth-order valence-corrected chi connectivity index (χ4v) is 3.08. The van der Waals surface area contributed by atoms with Crippen LogP contribution in [-0.4, -0.2) is 33.3 Å². The second-order valence-corrected chi connectivity index (χ2v) is 7.03. The number of aromatic nitrogens is 3. The van der Waals surface area contributed by atoms with Gasteiger partial charge in [0.25, 0.3) is 0 Å². The predicted molar refractivity (Wildman–Crippen MR) is 96.7 cm³/mol. The maximum atomic E-state index is 12.3. The second kappa shape index (κ2) is 7.56. The van der Waals surface area contributed by atoms with Crippen LogP contribution in [0, 0.1) is 4.77 Å². The average molecular weight is 411 g/mol. The first-order valence-corrected chi connectivity index (χ1v) is 8.89. The van der Waals surface area contributed by atoms with E-state index in [0.29, 0.717) is 24.2 Å². The molecule has 1 aromatic carbocycles. The van der Waals surface area contributed by atoms with Gasteiger partial charge in [0.05, 0.1) is 0 Å². The molecule has 1 fully saturated rings. The van der Waals surface area contributed by atoms with Crippen LogP contribution in [0.4, 0.5) is 0 Å². The molecule has 1 saturated heterocycles. The van der Waals surface area contributed by atoms with E-state index < -0.39 is 0 Å². The molecule has 0 aliphatic carbocycles. The fraction of sp³-hybridized carbons (Fsp3) is 0.400. The molecule has 128 valence electrons. The zero-order chi connectivity index (χ0) is 17.1. The molecule has 1 aliphatic rings. The van der Waals surface area contributed by atoms with Crippen LogP contribution in [0.25, 0.3) is 0 Å². The number of benzene rings is 1. The van der Waals surface area contributed by atoms with Gasteiger partial charge in [-0.2, -0.15) is 5.10 Å². The molecular formula is C15H19BrN6OS. The van der Waals surface area contributed by atoms with E-state index in [9.17, 15) is 4.79 Å². The summed E-state index contributed by atoms with van der Waals surface area (Å²) in [6.07, 6.45) is 1.34. The van der Waals surface area contributed by atoms with Crippen molar-refractivity contribution in [3.05, 3.63) is 44.9 Å². The van der Waals surface area contributed by atoms with E-state index in [-0.39, 0.29) is 18.0 Å². The molecule has 2 atom stereocenters. The lowest BCUT2D eigenvalue weighted by molar-refractivity contribution is -0.122. The van der Waals surface area contributed by atoms with E-state index in [4.69, 9.17) is 12.2 Å². The summed E-state index contributed by atoms with van der Waals surface area (Å²) in [4.78, 5) is 12.3. The lowest BCUT2D eigenvalue weighted by Crippen LogP contribution is -2.43. The topological polar surface area (TPSA) is 86.8 Å². The quantitative estimate of drug-likeness (QED) is 0.561. The molecule has 1 aromatic heterocycles. The summed E-state index contributed by atoms with van der Waals surface area (Å²) in [6, 6.07) is 7.98. The van der Waals surface area contributed by atoms with Crippen LogP contribution < -0.4 is 16.2 Å². The minimum absolute atomic E-state index is 0.0149. The summed E-state index contributed by atoms with van der Waals surface area (Å²) < 4.78 is 3.43. The number of carbonyl (C=O) groups excluding carboxylic acids is 1. The Kier molecular flexibility index (Phi) is 5.44. The number of nitrogens with zero attached hydrogens (tertiary/aromatic N) is 2. The molecule has 9 heteroatoms. The van der Waals surface area contributed by atoms with Crippen molar-refractivity contribution in [2.45, 2.75) is 24.9 Å². The molecule has 1 amide bonds. The number of amides is 1. The van der Waals surface area contributed by atoms with Gasteiger partial charge in [0, 0.05) is 30.5 Å². The summed E-state index contributed by atoms with van der Waals surface area (Å²) in [6.45, 7) is 0.521. The van der Waals surface area contributed by atoms with Crippen LogP contribution in [0.3, 0.4) is 0 Å². The van der Waals surface area contributed by atoms with Crippen LogP contribution in [0.15, 0.2) is 28.7 Å². The van der Waals surface area contributed by atoms with Crippen LogP contribution in [0.5, 0.6) is 0 Å². The number of H-pyrrole nitrogens is 1. The number of rotatable bonds is 5. The van der Waals surface area contributed by atoms with Crippen LogP contribution in [0.1, 0.15) is 23.9 Å². The monoisotopic (exact) mass is 410 g/mol. The predicted octanol–water partition coefficient (Wildman–Crippen LogP) is 1.51. The van der Waals surface area contributed by atoms with Gasteiger partial charge in [0.15, 0.2) is 4.77 Å². The van der Waals surface area contributed by atoms with E-state index in [2.05, 4.69) is 42.3 Å². The minimum atomic E-state index is -0.249. The van der Waals surface area contributed by atoms with E-state index in [0.717, 1.165) is 15.9 Å². The van der Waals surface area contributed by atoms with Crippen LogP contribution in [-0.2, 0) is 18.3 Å². The molecule has 0 spiro atoms. The first-order chi connectivity index (χ1) is 11.5. The summed E-state index contributed by atoms with van der Waals surface area (Å²) >= 11 is 8.49. The zero-order valence-corrected chi connectivity index (χ0v) is 15.6. The number of hydrazine groups is 1. The summed E-state index contributed by atoms with van der Waals surface area (Å²) in [5, 5.41) is 9.81. The lowest BCUT2D eigenvalue weighted by atomic mass is 10.0. The molecule has 2 unspecified atom stereocenters. The SMILES string of the molecule is Cn1c(CCNC(=O)C2CC(c3ccc(Br)cc3)NN2)n[nH]c1=S. The molecule has 0 saturated carbocycles. The van der Waals surface area contributed by atoms with E-state index in [1.165, 1.54) is 0 Å². The van der Waals surface area contributed by atoms with E-state index >= 15 is 0 Å². The van der Waals surface area contributed by atoms with Crippen LogP contribution in [0.2, 0.25) is 0 Å². The number of aromatic amines is 1. The van der Waals surface area contributed by atoms with Gasteiger partial charge in [0.1, 0.15) is 11.9 Å². The average Bonchev–Trinajstić information content (AvgIpc) is 3.18. The smallest absolute Gasteiger partial charge is 0.238 e. The summed E-state index contributed by atoms with van der Waals surface area (Å²) in [7, 11) is 1.86. The first-order valence-electron chi connectivity index (χ1n) is 7.69. The Balaban J connectivity index is 1.48. The maximum Gasteiger partial charge on any atom is 0.238 e. The zero-order valence-electron chi connectivity index (χ0n) is 13.2. The van der Waals surface area contributed by atoms with E-state index in [1.807, 2.05) is 31.3 Å². The molecule has 1 aliphatic heterocycles. The Morgan fingerprint density at radius 3 is 2.83 bits per heavy atom. The van der Waals surface area contributed by atoms with Gasteiger partial charge in [-0.3, -0.25) is 9.89 Å². The first kappa shape index (κ1) is 17.3. The van der Waals surface area contributed by atoms with Crippen molar-refractivity contribution in [3.63, 3.8) is 0 Å². The molecule has 3 rings (SSSR count). The minimum Gasteiger partial charge on any atom is -0.354 e. The highest BCUT2D eigenvalue weighted by atomic mass is 79.9. The molecule has 24 heavy (non-hydrogen) atoms. The highest BCUT2D eigenvalue weighted by molar-refractivity contribution is 9.10. The van der Waals surface area contributed by atoms with Gasteiger partial charge >= 0.3 is 0 Å². The van der Waals surface area contributed by atoms with Gasteiger partial charge in [-0.1, -0.05) is 28.1 Å². The Bertz CT molecular complexity index is 771. The maximum absolute atomic E-state index is 12.3. The Labute approximate surface area is 153 Å². The van der Waals surface area contributed by atoms with E-state index in [1.54, 1.807) is 4.57 Å². The number of hydrogen-bond acceptors (Lipinski definition) is 5. The molecule has 0 radical (unpaired) electrons. The normalized spacial score (nSPS) is 20.2. The van der Waals surface area contributed by atoms with Crippen molar-refractivity contribution < 1.29 is 4.79 Å². The summed E-state index contributed by atoms with van der Waals surface area (Å²) in [5.41, 5.74) is 7.40. The number of hydrogen-bond donors (Lipinski definition) is 4. The Morgan fingerprint density at radius 1 is 1.42 bits per heavy atom. The fourth-order valence-electron chi connectivity index (χ4n) is 2.67. The van der Waals surface area contributed by atoms with Crippen molar-refractivity contribution >= 4 is 34.1 Å². The van der Waals surface area contributed by atoms with Crippen molar-refractivity contribution in [1.82, 2.24) is 30.9 Å². The molecule has 2 heterocycles. The number of halogens is 1. The van der Waals surface area contributed by atoms with Crippen LogP contribution >= 0.6 is 28.1 Å². The van der Waals surface area contributed by atoms with Crippen molar-refractivity contribution in [2.75, 3.05) is 6.54 Å². The van der Waals surface area contributed by atoms with Gasteiger partial charge in [-0.25, -0.2) is 10.9 Å². The largest absolute Gasteiger partial charge is 0.354 e. The van der Waals surface area contributed by atoms with Gasteiger partial charge in [-0.05, 0) is 36.3 Å². The summed E-state index contributed by atoms with van der Waals surface area (Å²) in [5.74, 6) is 0.810. The van der Waals surface area contributed by atoms with Crippen molar-refractivity contribution in [2.24, 2.45) is 7.05 Å². The number of carbonyl (C=O) groups is 1. The van der Waals surface area contributed by atoms with Crippen molar-refractivity contribution in [3.8, 4) is 0 Å². The number of nitrogens with one attached hydrogen (secondary N) is 4. The molecular weight excluding hydrogens is 392 g/mol. The Hall–Kier alpha value is -1.55. The molecule has 7 nitrogen and oxygen atoms in total. The lowest BCUT2D eigenvalue weighted by Gasteiger charge is -2.10. The van der Waals surface area contributed by atoms with Crippen molar-refractivity contribution in [1.29, 1.82) is 0 Å². The third-order valence-corrected chi connectivity index (χ3v) is 5.01. The third-order valence-electron chi connectivity index (χ3n) is 4.11.